The smallest absolute Gasteiger partial charge is 0.257 e. The highest BCUT2D eigenvalue weighted by molar-refractivity contribution is 6.11. The SMILES string of the molecule is CN(C)CCNc1ccc(-c2nc3nccc(C(=O)Nc4ccccc4)c3[nH]2)cc1. The van der Waals surface area contributed by atoms with Crippen molar-refractivity contribution in [2.45, 2.75) is 0 Å². The molecule has 30 heavy (non-hydrogen) atoms. The van der Waals surface area contributed by atoms with E-state index in [1.165, 1.54) is 0 Å². The number of para-hydroxylation sites is 1. The molecule has 0 aliphatic rings. The number of amides is 1. The van der Waals surface area contributed by atoms with Crippen LogP contribution in [0.3, 0.4) is 0 Å². The van der Waals surface area contributed by atoms with Crippen LogP contribution in [0.1, 0.15) is 10.4 Å². The van der Waals surface area contributed by atoms with E-state index in [2.05, 4.69) is 44.6 Å². The predicted molar refractivity (Wildman–Crippen MR) is 121 cm³/mol. The molecule has 0 spiro atoms. The number of H-pyrrole nitrogens is 1. The van der Waals surface area contributed by atoms with E-state index in [1.54, 1.807) is 12.3 Å². The average molecular weight is 400 g/mol. The van der Waals surface area contributed by atoms with Crippen LogP contribution in [0.5, 0.6) is 0 Å². The normalized spacial score (nSPS) is 11.0. The highest BCUT2D eigenvalue weighted by Gasteiger charge is 2.15. The molecule has 3 N–H and O–H groups in total. The quantitative estimate of drug-likeness (QED) is 0.439. The molecular weight excluding hydrogens is 376 g/mol. The molecule has 2 heterocycles. The summed E-state index contributed by atoms with van der Waals surface area (Å²) in [6.45, 7) is 1.84. The van der Waals surface area contributed by atoms with Crippen LogP contribution in [0.2, 0.25) is 0 Å². The Morgan fingerprint density at radius 2 is 1.77 bits per heavy atom. The van der Waals surface area contributed by atoms with Crippen molar-refractivity contribution < 1.29 is 4.79 Å². The topological polar surface area (TPSA) is 85.9 Å². The minimum atomic E-state index is -0.204. The van der Waals surface area contributed by atoms with Gasteiger partial charge in [0, 0.05) is 36.2 Å². The molecule has 7 nitrogen and oxygen atoms in total. The summed E-state index contributed by atoms with van der Waals surface area (Å²) in [6.07, 6.45) is 1.60. The number of likely N-dealkylation sites (N-methyl/N-ethyl adjacent to an activating group) is 1. The lowest BCUT2D eigenvalue weighted by molar-refractivity contribution is 0.102. The van der Waals surface area contributed by atoms with Gasteiger partial charge in [-0.05, 0) is 56.6 Å². The third kappa shape index (κ3) is 4.47. The molecular formula is C23H24N6O. The fraction of sp³-hybridized carbons (Fsp3) is 0.174. The summed E-state index contributed by atoms with van der Waals surface area (Å²) in [7, 11) is 4.10. The van der Waals surface area contributed by atoms with Gasteiger partial charge in [-0.25, -0.2) is 9.97 Å². The number of rotatable bonds is 7. The zero-order valence-electron chi connectivity index (χ0n) is 17.0. The summed E-state index contributed by atoms with van der Waals surface area (Å²) < 4.78 is 0. The lowest BCUT2D eigenvalue weighted by Crippen LogP contribution is -2.20. The molecule has 0 unspecified atom stereocenters. The Bertz CT molecular complexity index is 1140. The summed E-state index contributed by atoms with van der Waals surface area (Å²) in [5.74, 6) is 0.474. The number of aromatic amines is 1. The van der Waals surface area contributed by atoms with Gasteiger partial charge in [-0.1, -0.05) is 18.2 Å². The number of nitrogens with zero attached hydrogens (tertiary/aromatic N) is 3. The molecule has 2 aromatic heterocycles. The fourth-order valence-electron chi connectivity index (χ4n) is 3.13. The van der Waals surface area contributed by atoms with Crippen LogP contribution in [-0.4, -0.2) is 52.9 Å². The van der Waals surface area contributed by atoms with Gasteiger partial charge in [0.25, 0.3) is 5.91 Å². The minimum absolute atomic E-state index is 0.204. The molecule has 2 aromatic carbocycles. The monoisotopic (exact) mass is 400 g/mol. The van der Waals surface area contributed by atoms with Crippen LogP contribution in [0.15, 0.2) is 66.9 Å². The molecule has 1 amide bonds. The van der Waals surface area contributed by atoms with Crippen LogP contribution in [0, 0.1) is 0 Å². The van der Waals surface area contributed by atoms with Gasteiger partial charge < -0.3 is 20.5 Å². The molecule has 0 atom stereocenters. The number of hydrogen-bond acceptors (Lipinski definition) is 5. The summed E-state index contributed by atoms with van der Waals surface area (Å²) >= 11 is 0. The third-order valence-corrected chi connectivity index (χ3v) is 4.71. The molecule has 7 heteroatoms. The van der Waals surface area contributed by atoms with Crippen LogP contribution < -0.4 is 10.6 Å². The molecule has 0 saturated heterocycles. The first-order chi connectivity index (χ1) is 14.6. The van der Waals surface area contributed by atoms with Crippen molar-refractivity contribution in [1.82, 2.24) is 19.9 Å². The zero-order chi connectivity index (χ0) is 20.9. The average Bonchev–Trinajstić information content (AvgIpc) is 3.19. The van der Waals surface area contributed by atoms with Gasteiger partial charge in [-0.2, -0.15) is 0 Å². The van der Waals surface area contributed by atoms with Crippen molar-refractivity contribution >= 4 is 28.4 Å². The maximum Gasteiger partial charge on any atom is 0.257 e. The Hall–Kier alpha value is -3.71. The number of carbonyl (C=O) groups is 1. The lowest BCUT2D eigenvalue weighted by Gasteiger charge is -2.11. The first-order valence-electron chi connectivity index (χ1n) is 9.80. The fourth-order valence-corrected chi connectivity index (χ4v) is 3.13. The number of hydrogen-bond donors (Lipinski definition) is 3. The molecule has 4 aromatic rings. The van der Waals surface area contributed by atoms with Gasteiger partial charge in [0.2, 0.25) is 0 Å². The number of fused-ring (bicyclic) bond motifs is 1. The molecule has 0 fully saturated rings. The molecule has 0 bridgehead atoms. The number of imidazole rings is 1. The molecule has 0 radical (unpaired) electrons. The molecule has 4 rings (SSSR count). The van der Waals surface area contributed by atoms with Crippen LogP contribution in [0.25, 0.3) is 22.6 Å². The van der Waals surface area contributed by atoms with Crippen molar-refractivity contribution in [3.63, 3.8) is 0 Å². The van der Waals surface area contributed by atoms with E-state index in [4.69, 9.17) is 0 Å². The van der Waals surface area contributed by atoms with Gasteiger partial charge in [0.1, 0.15) is 5.82 Å². The maximum absolute atomic E-state index is 12.8. The van der Waals surface area contributed by atoms with Gasteiger partial charge in [0.05, 0.1) is 11.1 Å². The Kier molecular flexibility index (Phi) is 5.72. The summed E-state index contributed by atoms with van der Waals surface area (Å²) in [5.41, 5.74) is 4.36. The Morgan fingerprint density at radius 1 is 1.00 bits per heavy atom. The number of anilines is 2. The van der Waals surface area contributed by atoms with Crippen LogP contribution in [0.4, 0.5) is 11.4 Å². The number of nitrogens with one attached hydrogen (secondary N) is 3. The Balaban J connectivity index is 1.55. The van der Waals surface area contributed by atoms with Crippen LogP contribution >= 0.6 is 0 Å². The van der Waals surface area contributed by atoms with E-state index in [1.807, 2.05) is 54.6 Å². The highest BCUT2D eigenvalue weighted by atomic mass is 16.1. The number of benzene rings is 2. The Labute approximate surface area is 175 Å². The van der Waals surface area contributed by atoms with Crippen molar-refractivity contribution in [3.8, 4) is 11.4 Å². The van der Waals surface area contributed by atoms with Gasteiger partial charge in [0.15, 0.2) is 5.65 Å². The largest absolute Gasteiger partial charge is 0.384 e. The maximum atomic E-state index is 12.8. The van der Waals surface area contributed by atoms with Crippen LogP contribution in [-0.2, 0) is 0 Å². The minimum Gasteiger partial charge on any atom is -0.384 e. The van der Waals surface area contributed by atoms with E-state index in [0.717, 1.165) is 30.0 Å². The number of aromatic nitrogens is 3. The first kappa shape index (κ1) is 19.6. The van der Waals surface area contributed by atoms with E-state index >= 15 is 0 Å². The standard InChI is InChI=1S/C23H24N6O/c1-29(2)15-14-24-17-10-8-16(9-11-17)21-27-20-19(12-13-25-22(20)28-21)23(30)26-18-6-4-3-5-7-18/h3-13,24H,14-15H2,1-2H3,(H,26,30)(H,25,27,28). The second-order valence-electron chi connectivity index (χ2n) is 7.27. The second-order valence-corrected chi connectivity index (χ2v) is 7.27. The van der Waals surface area contributed by atoms with E-state index < -0.39 is 0 Å². The Morgan fingerprint density at radius 3 is 2.50 bits per heavy atom. The zero-order valence-corrected chi connectivity index (χ0v) is 17.0. The predicted octanol–water partition coefficient (Wildman–Crippen LogP) is 3.85. The first-order valence-corrected chi connectivity index (χ1v) is 9.80. The second kappa shape index (κ2) is 8.75. The third-order valence-electron chi connectivity index (χ3n) is 4.71. The van der Waals surface area contributed by atoms with Crippen molar-refractivity contribution in [2.75, 3.05) is 37.8 Å². The molecule has 0 aliphatic heterocycles. The summed E-state index contributed by atoms with van der Waals surface area (Å²) in [5, 5.41) is 6.30. The van der Waals surface area contributed by atoms with Gasteiger partial charge in [-0.3, -0.25) is 4.79 Å². The van der Waals surface area contributed by atoms with E-state index in [9.17, 15) is 4.79 Å². The van der Waals surface area contributed by atoms with Crippen molar-refractivity contribution in [3.05, 3.63) is 72.4 Å². The van der Waals surface area contributed by atoms with Gasteiger partial charge in [-0.15, -0.1) is 0 Å². The highest BCUT2D eigenvalue weighted by Crippen LogP contribution is 2.23. The van der Waals surface area contributed by atoms with E-state index in [0.29, 0.717) is 22.6 Å². The number of carbonyl (C=O) groups excluding carboxylic acids is 1. The number of pyridine rings is 1. The van der Waals surface area contributed by atoms with Crippen molar-refractivity contribution in [1.29, 1.82) is 0 Å². The summed E-state index contributed by atoms with van der Waals surface area (Å²) in [4.78, 5) is 27.1. The molecule has 0 saturated carbocycles. The van der Waals surface area contributed by atoms with E-state index in [-0.39, 0.29) is 5.91 Å². The van der Waals surface area contributed by atoms with Gasteiger partial charge >= 0.3 is 0 Å². The van der Waals surface area contributed by atoms with Crippen molar-refractivity contribution in [2.24, 2.45) is 0 Å². The summed E-state index contributed by atoms with van der Waals surface area (Å²) in [6, 6.07) is 19.1. The molecule has 0 aliphatic carbocycles. The molecule has 152 valence electrons. The lowest BCUT2D eigenvalue weighted by atomic mass is 10.2.